The van der Waals surface area contributed by atoms with Crippen LogP contribution in [0.4, 0.5) is 5.13 Å². The molecular formula is C15H11N5O3S3. The highest BCUT2D eigenvalue weighted by Crippen LogP contribution is 2.28. The zero-order valence-electron chi connectivity index (χ0n) is 13.3. The zero-order chi connectivity index (χ0) is 18.1. The van der Waals surface area contributed by atoms with Gasteiger partial charge in [-0.05, 0) is 19.1 Å². The molecule has 8 nitrogen and oxygen atoms in total. The molecule has 132 valence electrons. The van der Waals surface area contributed by atoms with Crippen molar-refractivity contribution in [3.8, 4) is 0 Å². The van der Waals surface area contributed by atoms with Crippen LogP contribution in [0, 0.1) is 6.92 Å². The molecule has 0 aliphatic heterocycles. The number of hydrogen-bond donors (Lipinski definition) is 1. The van der Waals surface area contributed by atoms with Crippen LogP contribution in [0.25, 0.3) is 4.96 Å². The van der Waals surface area contributed by atoms with Crippen LogP contribution >= 0.6 is 34.4 Å². The van der Waals surface area contributed by atoms with Crippen molar-refractivity contribution in [1.82, 2.24) is 19.6 Å². The summed E-state index contributed by atoms with van der Waals surface area (Å²) in [6.45, 7) is 1.88. The third-order valence-electron chi connectivity index (χ3n) is 3.34. The van der Waals surface area contributed by atoms with Gasteiger partial charge in [0.2, 0.25) is 5.13 Å². The second kappa shape index (κ2) is 7.02. The summed E-state index contributed by atoms with van der Waals surface area (Å²) < 4.78 is 7.29. The van der Waals surface area contributed by atoms with E-state index in [0.29, 0.717) is 25.9 Å². The van der Waals surface area contributed by atoms with Gasteiger partial charge in [-0.25, -0.2) is 4.98 Å². The molecule has 0 atom stereocenters. The quantitative estimate of drug-likeness (QED) is 0.402. The van der Waals surface area contributed by atoms with E-state index < -0.39 is 0 Å². The molecule has 1 N–H and O–H groups in total. The summed E-state index contributed by atoms with van der Waals surface area (Å²) in [6.07, 6.45) is 1.43. The maximum absolute atomic E-state index is 12.2. The predicted octanol–water partition coefficient (Wildman–Crippen LogP) is 3.05. The Labute approximate surface area is 158 Å². The number of rotatable bonds is 5. The summed E-state index contributed by atoms with van der Waals surface area (Å²) in [4.78, 5) is 29.2. The molecule has 0 aliphatic rings. The second-order valence-electron chi connectivity index (χ2n) is 5.17. The van der Waals surface area contributed by atoms with Gasteiger partial charge in [0.1, 0.15) is 0 Å². The molecule has 0 radical (unpaired) electrons. The molecule has 4 rings (SSSR count). The summed E-state index contributed by atoms with van der Waals surface area (Å²) in [5, 5.41) is 12.9. The highest BCUT2D eigenvalue weighted by Gasteiger charge is 2.13. The summed E-state index contributed by atoms with van der Waals surface area (Å²) in [7, 11) is 0. The molecule has 11 heteroatoms. The average molecular weight is 405 g/mol. The van der Waals surface area contributed by atoms with E-state index in [1.807, 2.05) is 12.3 Å². The fourth-order valence-electron chi connectivity index (χ4n) is 2.20. The summed E-state index contributed by atoms with van der Waals surface area (Å²) in [6, 6.07) is 4.73. The van der Waals surface area contributed by atoms with Crippen molar-refractivity contribution in [2.24, 2.45) is 0 Å². The second-order valence-corrected chi connectivity index (χ2v) is 8.21. The Morgan fingerprint density at radius 2 is 2.31 bits per heavy atom. The van der Waals surface area contributed by atoms with Crippen molar-refractivity contribution in [3.05, 3.63) is 57.3 Å². The first-order valence-electron chi connectivity index (χ1n) is 7.38. The maximum atomic E-state index is 12.2. The molecule has 0 aliphatic carbocycles. The molecule has 0 aromatic carbocycles. The number of fused-ring (bicyclic) bond motifs is 1. The van der Waals surface area contributed by atoms with E-state index in [9.17, 15) is 9.59 Å². The molecule has 0 bridgehead atoms. The Hall–Kier alpha value is -2.50. The van der Waals surface area contributed by atoms with Crippen LogP contribution in [-0.2, 0) is 5.75 Å². The minimum Gasteiger partial charge on any atom is -0.459 e. The van der Waals surface area contributed by atoms with Crippen LogP contribution in [0.15, 0.2) is 43.4 Å². The molecule has 0 saturated heterocycles. The van der Waals surface area contributed by atoms with Gasteiger partial charge in [0, 0.05) is 22.9 Å². The van der Waals surface area contributed by atoms with E-state index in [0.717, 1.165) is 5.69 Å². The van der Waals surface area contributed by atoms with Crippen molar-refractivity contribution < 1.29 is 9.21 Å². The smallest absolute Gasteiger partial charge is 0.293 e. The van der Waals surface area contributed by atoms with Gasteiger partial charge in [0.15, 0.2) is 15.1 Å². The number of thioether (sulfide) groups is 1. The number of aromatic nitrogens is 4. The SMILES string of the molecule is Cc1csc2nc(CSc3nnc(NC(=O)c4ccco4)s3)cc(=O)n12. The number of amides is 1. The van der Waals surface area contributed by atoms with E-state index in [4.69, 9.17) is 4.42 Å². The van der Waals surface area contributed by atoms with Crippen LogP contribution < -0.4 is 10.9 Å². The van der Waals surface area contributed by atoms with Gasteiger partial charge in [0.05, 0.1) is 12.0 Å². The van der Waals surface area contributed by atoms with Gasteiger partial charge in [-0.15, -0.1) is 21.5 Å². The van der Waals surface area contributed by atoms with Crippen LogP contribution in [0.2, 0.25) is 0 Å². The molecule has 0 saturated carbocycles. The Morgan fingerprint density at radius 1 is 1.42 bits per heavy atom. The van der Waals surface area contributed by atoms with Gasteiger partial charge in [-0.2, -0.15) is 0 Å². The van der Waals surface area contributed by atoms with Crippen molar-refractivity contribution >= 4 is 50.4 Å². The largest absolute Gasteiger partial charge is 0.459 e. The number of furan rings is 1. The lowest BCUT2D eigenvalue weighted by Gasteiger charge is -2.00. The summed E-state index contributed by atoms with van der Waals surface area (Å²) >= 11 is 4.09. The first-order chi connectivity index (χ1) is 12.6. The Kier molecular flexibility index (Phi) is 4.57. The van der Waals surface area contributed by atoms with Gasteiger partial charge in [-0.1, -0.05) is 23.1 Å². The molecule has 1 amide bonds. The predicted molar refractivity (Wildman–Crippen MR) is 100 cm³/mol. The maximum Gasteiger partial charge on any atom is 0.293 e. The topological polar surface area (TPSA) is 102 Å². The fourth-order valence-corrected chi connectivity index (χ4v) is 4.73. The lowest BCUT2D eigenvalue weighted by molar-refractivity contribution is 0.0996. The van der Waals surface area contributed by atoms with Crippen molar-refractivity contribution in [2.45, 2.75) is 17.0 Å². The van der Waals surface area contributed by atoms with Crippen LogP contribution in [0.5, 0.6) is 0 Å². The van der Waals surface area contributed by atoms with Crippen LogP contribution in [-0.4, -0.2) is 25.5 Å². The van der Waals surface area contributed by atoms with E-state index in [1.165, 1.54) is 46.8 Å². The molecule has 4 aromatic rings. The first-order valence-corrected chi connectivity index (χ1v) is 10.1. The molecule has 4 aromatic heterocycles. The minimum atomic E-state index is -0.379. The Bertz CT molecular complexity index is 1130. The van der Waals surface area contributed by atoms with Gasteiger partial charge in [0.25, 0.3) is 11.5 Å². The molecule has 26 heavy (non-hydrogen) atoms. The number of carbonyl (C=O) groups excluding carboxylic acids is 1. The highest BCUT2D eigenvalue weighted by molar-refractivity contribution is 8.00. The molecular weight excluding hydrogens is 394 g/mol. The number of hydrogen-bond acceptors (Lipinski definition) is 9. The van der Waals surface area contributed by atoms with Crippen molar-refractivity contribution in [2.75, 3.05) is 5.32 Å². The third-order valence-corrected chi connectivity index (χ3v) is 6.29. The van der Waals surface area contributed by atoms with Crippen LogP contribution in [0.1, 0.15) is 21.9 Å². The number of nitrogens with one attached hydrogen (secondary N) is 1. The lowest BCUT2D eigenvalue weighted by Crippen LogP contribution is -2.14. The van der Waals surface area contributed by atoms with Gasteiger partial charge in [-0.3, -0.25) is 19.3 Å². The summed E-state index contributed by atoms with van der Waals surface area (Å²) in [5.41, 5.74) is 1.47. The Balaban J connectivity index is 1.43. The van der Waals surface area contributed by atoms with Crippen molar-refractivity contribution in [3.63, 3.8) is 0 Å². The van der Waals surface area contributed by atoms with E-state index in [1.54, 1.807) is 16.5 Å². The average Bonchev–Trinajstić information content (AvgIpc) is 3.34. The summed E-state index contributed by atoms with van der Waals surface area (Å²) in [5.74, 6) is 0.318. The van der Waals surface area contributed by atoms with Crippen LogP contribution in [0.3, 0.4) is 0 Å². The molecule has 0 unspecified atom stereocenters. The lowest BCUT2D eigenvalue weighted by atomic mass is 10.4. The molecule has 0 fully saturated rings. The standard InChI is InChI=1S/C15H11N5O3S3/c1-8-6-24-14-16-9(5-11(21)20(8)14)7-25-15-19-18-13(26-15)17-12(22)10-3-2-4-23-10/h2-6H,7H2,1H3,(H,17,18,22). The molecule has 0 spiro atoms. The molecule has 4 heterocycles. The highest BCUT2D eigenvalue weighted by atomic mass is 32.2. The van der Waals surface area contributed by atoms with Gasteiger partial charge < -0.3 is 4.42 Å². The van der Waals surface area contributed by atoms with Crippen molar-refractivity contribution in [1.29, 1.82) is 0 Å². The zero-order valence-corrected chi connectivity index (χ0v) is 15.8. The van der Waals surface area contributed by atoms with E-state index >= 15 is 0 Å². The third kappa shape index (κ3) is 3.41. The number of carbonyl (C=O) groups is 1. The van der Waals surface area contributed by atoms with Gasteiger partial charge >= 0.3 is 0 Å². The minimum absolute atomic E-state index is 0.0898. The fraction of sp³-hybridized carbons (Fsp3) is 0.133. The number of thiazole rings is 1. The number of nitrogens with zero attached hydrogens (tertiary/aromatic N) is 4. The van der Waals surface area contributed by atoms with E-state index in [2.05, 4.69) is 20.5 Å². The Morgan fingerprint density at radius 3 is 3.12 bits per heavy atom. The van der Waals surface area contributed by atoms with E-state index in [-0.39, 0.29) is 17.2 Å². The number of aryl methyl sites for hydroxylation is 1. The monoisotopic (exact) mass is 405 g/mol. The normalized spacial score (nSPS) is 11.1. The number of anilines is 1. The first kappa shape index (κ1) is 16.9.